The summed E-state index contributed by atoms with van der Waals surface area (Å²) in [7, 11) is 0.376. The molecule has 9 heteroatoms. The van der Waals surface area contributed by atoms with E-state index >= 15 is 0 Å². The summed E-state index contributed by atoms with van der Waals surface area (Å²) in [6.45, 7) is 1.72. The molecule has 0 bridgehead atoms. The summed E-state index contributed by atoms with van der Waals surface area (Å²) >= 11 is 0. The van der Waals surface area contributed by atoms with Gasteiger partial charge in [0.15, 0.2) is 5.58 Å². The number of hydrogen-bond acceptors (Lipinski definition) is 6. The number of benzene rings is 2. The minimum absolute atomic E-state index is 0.213. The fraction of sp³-hybridized carbons (Fsp3) is 0.364. The first-order chi connectivity index (χ1) is 14.8. The average molecular weight is 443 g/mol. The number of sulfonamides is 1. The molecule has 1 aliphatic rings. The van der Waals surface area contributed by atoms with Crippen molar-refractivity contribution in [2.45, 2.75) is 30.7 Å². The SMILES string of the molecule is CN(C)Cc1noc2ccc(NC(=O)c3ccc(S(=O)(=O)N4CCCCC4)cc3)cc12. The Morgan fingerprint density at radius 1 is 1.10 bits per heavy atom. The van der Waals surface area contributed by atoms with Gasteiger partial charge in [0.05, 0.1) is 4.90 Å². The van der Waals surface area contributed by atoms with Gasteiger partial charge in [0.1, 0.15) is 5.69 Å². The van der Waals surface area contributed by atoms with Crippen molar-refractivity contribution in [2.75, 3.05) is 32.5 Å². The maximum absolute atomic E-state index is 12.8. The minimum atomic E-state index is -3.52. The molecule has 2 aromatic carbocycles. The first-order valence-electron chi connectivity index (χ1n) is 10.3. The average Bonchev–Trinajstić information content (AvgIpc) is 3.16. The van der Waals surface area contributed by atoms with Crippen molar-refractivity contribution in [2.24, 2.45) is 0 Å². The van der Waals surface area contributed by atoms with E-state index in [4.69, 9.17) is 4.52 Å². The molecule has 1 aromatic heterocycles. The molecule has 1 amide bonds. The Labute approximate surface area is 181 Å². The molecule has 0 spiro atoms. The van der Waals surface area contributed by atoms with Crippen LogP contribution in [-0.2, 0) is 16.6 Å². The fourth-order valence-corrected chi connectivity index (χ4v) is 5.23. The van der Waals surface area contributed by atoms with Gasteiger partial charge in [-0.25, -0.2) is 8.42 Å². The number of aromatic nitrogens is 1. The maximum atomic E-state index is 12.8. The molecule has 0 saturated carbocycles. The van der Waals surface area contributed by atoms with Crippen molar-refractivity contribution in [3.05, 3.63) is 53.7 Å². The van der Waals surface area contributed by atoms with E-state index in [0.29, 0.717) is 36.5 Å². The summed E-state index contributed by atoms with van der Waals surface area (Å²) < 4.78 is 32.4. The molecule has 1 N–H and O–H groups in total. The van der Waals surface area contributed by atoms with Crippen molar-refractivity contribution in [1.82, 2.24) is 14.4 Å². The zero-order valence-corrected chi connectivity index (χ0v) is 18.5. The molecule has 1 aliphatic heterocycles. The third-order valence-corrected chi connectivity index (χ3v) is 7.25. The number of piperidine rings is 1. The molecule has 0 aliphatic carbocycles. The monoisotopic (exact) mass is 442 g/mol. The van der Waals surface area contributed by atoms with Gasteiger partial charge >= 0.3 is 0 Å². The zero-order valence-electron chi connectivity index (χ0n) is 17.7. The molecule has 0 unspecified atom stereocenters. The lowest BCUT2D eigenvalue weighted by molar-refractivity contribution is 0.102. The van der Waals surface area contributed by atoms with E-state index in [1.54, 1.807) is 24.3 Å². The summed E-state index contributed by atoms with van der Waals surface area (Å²) in [6, 6.07) is 11.4. The highest BCUT2D eigenvalue weighted by atomic mass is 32.2. The molecule has 3 aromatic rings. The maximum Gasteiger partial charge on any atom is 0.255 e. The van der Waals surface area contributed by atoms with Crippen LogP contribution in [0.4, 0.5) is 5.69 Å². The molecule has 2 heterocycles. The van der Waals surface area contributed by atoms with Crippen LogP contribution in [0.1, 0.15) is 35.3 Å². The molecule has 8 nitrogen and oxygen atoms in total. The summed E-state index contributed by atoms with van der Waals surface area (Å²) in [5.41, 5.74) is 2.45. The van der Waals surface area contributed by atoms with Crippen LogP contribution in [0.5, 0.6) is 0 Å². The first kappa shape index (κ1) is 21.5. The molecule has 164 valence electrons. The first-order valence-corrected chi connectivity index (χ1v) is 11.7. The molecular weight excluding hydrogens is 416 g/mol. The molecule has 0 atom stereocenters. The number of hydrogen-bond donors (Lipinski definition) is 1. The molecule has 4 rings (SSSR count). The number of carbonyl (C=O) groups excluding carboxylic acids is 1. The van der Waals surface area contributed by atoms with Gasteiger partial charge < -0.3 is 14.7 Å². The van der Waals surface area contributed by atoms with Crippen molar-refractivity contribution >= 4 is 32.6 Å². The largest absolute Gasteiger partial charge is 0.356 e. The van der Waals surface area contributed by atoms with Gasteiger partial charge in [-0.05, 0) is 69.4 Å². The highest BCUT2D eigenvalue weighted by Crippen LogP contribution is 2.24. The number of nitrogens with one attached hydrogen (secondary N) is 1. The van der Waals surface area contributed by atoms with E-state index in [-0.39, 0.29) is 10.8 Å². The number of carbonyl (C=O) groups is 1. The Bertz CT molecular complexity index is 1180. The minimum Gasteiger partial charge on any atom is -0.356 e. The molecule has 1 fully saturated rings. The molecule has 1 saturated heterocycles. The molecular formula is C22H26N4O4S. The predicted molar refractivity (Wildman–Crippen MR) is 118 cm³/mol. The van der Waals surface area contributed by atoms with E-state index in [0.717, 1.165) is 30.3 Å². The van der Waals surface area contributed by atoms with Crippen LogP contribution in [0.3, 0.4) is 0 Å². The highest BCUT2D eigenvalue weighted by Gasteiger charge is 2.26. The van der Waals surface area contributed by atoms with Crippen LogP contribution in [0.15, 0.2) is 51.9 Å². The van der Waals surface area contributed by atoms with Crippen LogP contribution >= 0.6 is 0 Å². The Kier molecular flexibility index (Phi) is 6.08. The lowest BCUT2D eigenvalue weighted by Crippen LogP contribution is -2.35. The number of nitrogens with zero attached hydrogens (tertiary/aromatic N) is 3. The summed E-state index contributed by atoms with van der Waals surface area (Å²) in [6.07, 6.45) is 2.82. The van der Waals surface area contributed by atoms with Crippen molar-refractivity contribution < 1.29 is 17.7 Å². The Morgan fingerprint density at radius 3 is 2.48 bits per heavy atom. The normalized spacial score (nSPS) is 15.5. The topological polar surface area (TPSA) is 95.7 Å². The van der Waals surface area contributed by atoms with Crippen LogP contribution < -0.4 is 5.32 Å². The van der Waals surface area contributed by atoms with Gasteiger partial charge in [-0.15, -0.1) is 0 Å². The number of amides is 1. The van der Waals surface area contributed by atoms with E-state index in [1.807, 2.05) is 25.1 Å². The van der Waals surface area contributed by atoms with Crippen molar-refractivity contribution in [3.63, 3.8) is 0 Å². The Morgan fingerprint density at radius 2 is 1.81 bits per heavy atom. The van der Waals surface area contributed by atoms with Gasteiger partial charge in [-0.3, -0.25) is 4.79 Å². The number of anilines is 1. The van der Waals surface area contributed by atoms with Gasteiger partial charge in [-0.2, -0.15) is 4.31 Å². The van der Waals surface area contributed by atoms with Gasteiger partial charge in [0.25, 0.3) is 5.91 Å². The van der Waals surface area contributed by atoms with E-state index in [9.17, 15) is 13.2 Å². The van der Waals surface area contributed by atoms with Gasteiger partial charge in [0, 0.05) is 36.3 Å². The van der Waals surface area contributed by atoms with Gasteiger partial charge in [0.2, 0.25) is 10.0 Å². The predicted octanol–water partition coefficient (Wildman–Crippen LogP) is 3.32. The van der Waals surface area contributed by atoms with Crippen molar-refractivity contribution in [3.8, 4) is 0 Å². The zero-order chi connectivity index (χ0) is 22.0. The van der Waals surface area contributed by atoms with Gasteiger partial charge in [-0.1, -0.05) is 11.6 Å². The van der Waals surface area contributed by atoms with E-state index in [1.165, 1.54) is 16.4 Å². The van der Waals surface area contributed by atoms with Crippen LogP contribution in [-0.4, -0.2) is 55.9 Å². The molecule has 31 heavy (non-hydrogen) atoms. The van der Waals surface area contributed by atoms with E-state index in [2.05, 4.69) is 10.5 Å². The summed E-state index contributed by atoms with van der Waals surface area (Å²) in [4.78, 5) is 14.9. The van der Waals surface area contributed by atoms with Crippen LogP contribution in [0.2, 0.25) is 0 Å². The second kappa shape index (κ2) is 8.78. The second-order valence-corrected chi connectivity index (χ2v) is 9.96. The Balaban J connectivity index is 1.50. The van der Waals surface area contributed by atoms with Crippen LogP contribution in [0, 0.1) is 0 Å². The number of rotatable bonds is 6. The third kappa shape index (κ3) is 4.63. The third-order valence-electron chi connectivity index (χ3n) is 5.34. The van der Waals surface area contributed by atoms with E-state index < -0.39 is 10.0 Å². The fourth-order valence-electron chi connectivity index (χ4n) is 3.72. The molecule has 0 radical (unpaired) electrons. The van der Waals surface area contributed by atoms with Crippen molar-refractivity contribution in [1.29, 1.82) is 0 Å². The lowest BCUT2D eigenvalue weighted by atomic mass is 10.1. The lowest BCUT2D eigenvalue weighted by Gasteiger charge is -2.25. The Hall–Kier alpha value is -2.75. The quantitative estimate of drug-likeness (QED) is 0.629. The standard InChI is InChI=1S/C22H26N4O4S/c1-25(2)15-20-19-14-17(8-11-21(19)30-24-20)23-22(27)16-6-9-18(10-7-16)31(28,29)26-12-4-3-5-13-26/h6-11,14H,3-5,12-13,15H2,1-2H3,(H,23,27). The summed E-state index contributed by atoms with van der Waals surface area (Å²) in [5.74, 6) is -0.313. The smallest absolute Gasteiger partial charge is 0.255 e. The number of fused-ring (bicyclic) bond motifs is 1. The van der Waals surface area contributed by atoms with Crippen LogP contribution in [0.25, 0.3) is 11.0 Å². The summed E-state index contributed by atoms with van der Waals surface area (Å²) in [5, 5.41) is 7.80. The highest BCUT2D eigenvalue weighted by molar-refractivity contribution is 7.89. The second-order valence-electron chi connectivity index (χ2n) is 8.02.